The monoisotopic (exact) mass is 371 g/mol. The second kappa shape index (κ2) is 7.11. The number of sulfonamides is 1. The van der Waals surface area contributed by atoms with Gasteiger partial charge < -0.3 is 5.32 Å². The summed E-state index contributed by atoms with van der Waals surface area (Å²) in [5.41, 5.74) is -0.357. The number of halogens is 2. The molecule has 7 nitrogen and oxygen atoms in total. The summed E-state index contributed by atoms with van der Waals surface area (Å²) >= 11 is 0. The lowest BCUT2D eigenvalue weighted by atomic mass is 10.1. The van der Waals surface area contributed by atoms with Crippen molar-refractivity contribution in [2.75, 3.05) is 12.4 Å². The van der Waals surface area contributed by atoms with Gasteiger partial charge in [-0.15, -0.1) is 0 Å². The topological polar surface area (TPSA) is 101 Å². The first-order valence-corrected chi connectivity index (χ1v) is 8.57. The van der Waals surface area contributed by atoms with E-state index in [-0.39, 0.29) is 16.1 Å². The molecule has 0 unspecified atom stereocenters. The Morgan fingerprint density at radius 2 is 1.84 bits per heavy atom. The number of nitrogens with zero attached hydrogens (tertiary/aromatic N) is 1. The fourth-order valence-electron chi connectivity index (χ4n) is 2.23. The molecule has 0 heterocycles. The Hall–Kier alpha value is -2.59. The third-order valence-corrected chi connectivity index (χ3v) is 4.96. The minimum absolute atomic E-state index is 0.0104. The van der Waals surface area contributed by atoms with Gasteiger partial charge in [0.05, 0.1) is 15.9 Å². The number of benzene rings is 2. The van der Waals surface area contributed by atoms with Gasteiger partial charge in [-0.25, -0.2) is 21.9 Å². The van der Waals surface area contributed by atoms with Crippen molar-refractivity contribution in [1.29, 1.82) is 0 Å². The minimum atomic E-state index is -3.85. The van der Waals surface area contributed by atoms with E-state index in [9.17, 15) is 27.3 Å². The number of nitro groups is 1. The van der Waals surface area contributed by atoms with Crippen LogP contribution in [0.25, 0.3) is 0 Å². The molecule has 2 aromatic rings. The summed E-state index contributed by atoms with van der Waals surface area (Å²) in [5.74, 6) is -1.53. The summed E-state index contributed by atoms with van der Waals surface area (Å²) in [6, 6.07) is 5.62. The number of nitro benzene ring substituents is 1. The molecule has 0 amide bonds. The predicted molar refractivity (Wildman–Crippen MR) is 87.7 cm³/mol. The molecule has 0 aliphatic heterocycles. The van der Waals surface area contributed by atoms with E-state index in [4.69, 9.17) is 0 Å². The average Bonchev–Trinajstić information content (AvgIpc) is 2.54. The molecule has 2 rings (SSSR count). The fourth-order valence-corrected chi connectivity index (χ4v) is 2.98. The Kier molecular flexibility index (Phi) is 5.33. The van der Waals surface area contributed by atoms with Crippen LogP contribution >= 0.6 is 0 Å². The quantitative estimate of drug-likeness (QED) is 0.600. The van der Waals surface area contributed by atoms with E-state index in [0.717, 1.165) is 12.1 Å². The summed E-state index contributed by atoms with van der Waals surface area (Å²) in [4.78, 5) is 10.2. The third-order valence-electron chi connectivity index (χ3n) is 3.55. The van der Waals surface area contributed by atoms with Crippen LogP contribution in [0.2, 0.25) is 0 Å². The van der Waals surface area contributed by atoms with Crippen molar-refractivity contribution in [2.24, 2.45) is 0 Å². The number of nitrogens with one attached hydrogen (secondary N) is 2. The summed E-state index contributed by atoms with van der Waals surface area (Å²) in [5, 5.41) is 14.0. The molecule has 1 atom stereocenters. The molecule has 10 heteroatoms. The van der Waals surface area contributed by atoms with Gasteiger partial charge >= 0.3 is 0 Å². The van der Waals surface area contributed by atoms with Crippen molar-refractivity contribution < 1.29 is 22.1 Å². The molecule has 0 bridgehead atoms. The van der Waals surface area contributed by atoms with E-state index < -0.39 is 38.3 Å². The third kappa shape index (κ3) is 4.09. The second-order valence-electron chi connectivity index (χ2n) is 5.18. The van der Waals surface area contributed by atoms with Crippen LogP contribution in [-0.2, 0) is 10.0 Å². The first-order chi connectivity index (χ1) is 11.7. The lowest BCUT2D eigenvalue weighted by Crippen LogP contribution is -2.19. The van der Waals surface area contributed by atoms with Gasteiger partial charge in [0.1, 0.15) is 17.3 Å². The van der Waals surface area contributed by atoms with E-state index in [1.807, 2.05) is 0 Å². The van der Waals surface area contributed by atoms with Gasteiger partial charge in [0.2, 0.25) is 10.0 Å². The molecule has 0 spiro atoms. The van der Waals surface area contributed by atoms with E-state index in [0.29, 0.717) is 6.07 Å². The van der Waals surface area contributed by atoms with E-state index in [1.54, 1.807) is 0 Å². The molecule has 0 fully saturated rings. The maximum atomic E-state index is 13.8. The highest BCUT2D eigenvalue weighted by molar-refractivity contribution is 7.89. The number of hydrogen-bond acceptors (Lipinski definition) is 5. The summed E-state index contributed by atoms with van der Waals surface area (Å²) in [7, 11) is -2.66. The Morgan fingerprint density at radius 3 is 2.40 bits per heavy atom. The molecule has 0 aliphatic rings. The normalized spacial score (nSPS) is 12.6. The van der Waals surface area contributed by atoms with Crippen LogP contribution in [0.4, 0.5) is 20.2 Å². The highest BCUT2D eigenvalue weighted by atomic mass is 32.2. The zero-order chi connectivity index (χ0) is 18.8. The minimum Gasteiger partial charge on any atom is -0.373 e. The molecule has 25 heavy (non-hydrogen) atoms. The zero-order valence-corrected chi connectivity index (χ0v) is 14.1. The number of anilines is 1. The molecule has 0 saturated heterocycles. The van der Waals surface area contributed by atoms with Gasteiger partial charge in [-0.05, 0) is 32.2 Å². The van der Waals surface area contributed by atoms with Crippen LogP contribution in [0.15, 0.2) is 41.3 Å². The molecular formula is C15H15F2N3O4S. The van der Waals surface area contributed by atoms with Crippen LogP contribution in [-0.4, -0.2) is 20.4 Å². The van der Waals surface area contributed by atoms with Crippen molar-refractivity contribution >= 4 is 21.4 Å². The average molecular weight is 371 g/mol. The zero-order valence-electron chi connectivity index (χ0n) is 13.3. The Labute approximate surface area is 142 Å². The van der Waals surface area contributed by atoms with Crippen molar-refractivity contribution in [2.45, 2.75) is 17.9 Å². The molecule has 0 aromatic heterocycles. The maximum Gasteiger partial charge on any atom is 0.293 e. The largest absolute Gasteiger partial charge is 0.373 e. The Morgan fingerprint density at radius 1 is 1.16 bits per heavy atom. The highest BCUT2D eigenvalue weighted by Crippen LogP contribution is 2.31. The lowest BCUT2D eigenvalue weighted by Gasteiger charge is -2.17. The number of hydrogen-bond donors (Lipinski definition) is 2. The van der Waals surface area contributed by atoms with Gasteiger partial charge in [0.25, 0.3) is 5.69 Å². The maximum absolute atomic E-state index is 13.8. The molecule has 0 radical (unpaired) electrons. The molecule has 134 valence electrons. The van der Waals surface area contributed by atoms with Gasteiger partial charge in [0, 0.05) is 17.7 Å². The Bertz CT molecular complexity index is 919. The molecule has 2 N–H and O–H groups in total. The summed E-state index contributed by atoms with van der Waals surface area (Å²) in [6.07, 6.45) is 0. The van der Waals surface area contributed by atoms with E-state index in [2.05, 4.69) is 10.0 Å². The standard InChI is InChI=1S/C15H15F2N3O4S/c1-9(12-5-3-10(16)7-13(12)17)19-14-6-4-11(25(23,24)18-2)8-15(14)20(21)22/h3-9,18-19H,1-2H3/t9-/m0/s1. The van der Waals surface area contributed by atoms with Crippen LogP contribution < -0.4 is 10.0 Å². The van der Waals surface area contributed by atoms with Crippen LogP contribution in [0.1, 0.15) is 18.5 Å². The number of rotatable bonds is 6. The first-order valence-electron chi connectivity index (χ1n) is 7.09. The lowest BCUT2D eigenvalue weighted by molar-refractivity contribution is -0.384. The summed E-state index contributed by atoms with van der Waals surface area (Å²) < 4.78 is 52.4. The van der Waals surface area contributed by atoms with Crippen molar-refractivity contribution in [1.82, 2.24) is 4.72 Å². The van der Waals surface area contributed by atoms with Crippen molar-refractivity contribution in [3.8, 4) is 0 Å². The smallest absolute Gasteiger partial charge is 0.293 e. The molecule has 2 aromatic carbocycles. The van der Waals surface area contributed by atoms with Crippen LogP contribution in [0.3, 0.4) is 0 Å². The Balaban J connectivity index is 2.40. The summed E-state index contributed by atoms with van der Waals surface area (Å²) in [6.45, 7) is 1.54. The van der Waals surface area contributed by atoms with Crippen molar-refractivity contribution in [3.63, 3.8) is 0 Å². The van der Waals surface area contributed by atoms with Crippen molar-refractivity contribution in [3.05, 3.63) is 63.7 Å². The van der Waals surface area contributed by atoms with Gasteiger partial charge in [-0.3, -0.25) is 10.1 Å². The fraction of sp³-hybridized carbons (Fsp3) is 0.200. The SMILES string of the molecule is CNS(=O)(=O)c1ccc(N[C@@H](C)c2ccc(F)cc2F)c([N+](=O)[O-])c1. The van der Waals surface area contributed by atoms with Gasteiger partial charge in [-0.2, -0.15) is 0 Å². The molecule has 0 aliphatic carbocycles. The highest BCUT2D eigenvalue weighted by Gasteiger charge is 2.22. The molecule has 0 saturated carbocycles. The van der Waals surface area contributed by atoms with Gasteiger partial charge in [0.15, 0.2) is 0 Å². The van der Waals surface area contributed by atoms with E-state index >= 15 is 0 Å². The van der Waals surface area contributed by atoms with Gasteiger partial charge in [-0.1, -0.05) is 6.07 Å². The molecular weight excluding hydrogens is 356 g/mol. The second-order valence-corrected chi connectivity index (χ2v) is 7.06. The van der Waals surface area contributed by atoms with Crippen LogP contribution in [0, 0.1) is 21.7 Å². The van der Waals surface area contributed by atoms with Crippen LogP contribution in [0.5, 0.6) is 0 Å². The predicted octanol–water partition coefficient (Wildman–Crippen LogP) is 2.95. The first kappa shape index (κ1) is 18.7. The van der Waals surface area contributed by atoms with E-state index in [1.165, 1.54) is 32.2 Å².